The Morgan fingerprint density at radius 1 is 1.25 bits per heavy atom. The van der Waals surface area contributed by atoms with Crippen LogP contribution in [0.25, 0.3) is 0 Å². The fraction of sp³-hybridized carbons (Fsp3) is 0.714. The van der Waals surface area contributed by atoms with E-state index in [9.17, 15) is 22.0 Å². The van der Waals surface area contributed by atoms with Gasteiger partial charge in [0, 0.05) is 0 Å². The van der Waals surface area contributed by atoms with Crippen molar-refractivity contribution in [3.63, 3.8) is 0 Å². The molecule has 0 bridgehead atoms. The van der Waals surface area contributed by atoms with E-state index < -0.39 is 24.9 Å². The quantitative estimate of drug-likeness (QED) is 0.470. The highest BCUT2D eigenvalue weighted by Gasteiger charge is 2.44. The van der Waals surface area contributed by atoms with Gasteiger partial charge in [0.1, 0.15) is 5.92 Å². The lowest BCUT2D eigenvalue weighted by atomic mass is 10.1. The van der Waals surface area contributed by atoms with Crippen molar-refractivity contribution in [2.45, 2.75) is 25.9 Å². The standard InChI is InChI=1S/C7H9F5/c1-2-3-4-5(6(8)9)7(10,11)12/h2-3,5-6H,4H2,1H3. The van der Waals surface area contributed by atoms with Crippen LogP contribution in [0.3, 0.4) is 0 Å². The van der Waals surface area contributed by atoms with Crippen LogP contribution < -0.4 is 0 Å². The predicted molar refractivity (Wildman–Crippen MR) is 35.0 cm³/mol. The van der Waals surface area contributed by atoms with E-state index in [4.69, 9.17) is 0 Å². The average Bonchev–Trinajstić information content (AvgIpc) is 1.84. The zero-order valence-electron chi connectivity index (χ0n) is 6.41. The Morgan fingerprint density at radius 3 is 2.00 bits per heavy atom. The highest BCUT2D eigenvalue weighted by molar-refractivity contribution is 4.84. The van der Waals surface area contributed by atoms with Gasteiger partial charge in [-0.05, 0) is 13.3 Å². The number of rotatable bonds is 3. The monoisotopic (exact) mass is 188 g/mol. The average molecular weight is 188 g/mol. The molecule has 0 aromatic rings. The number of hydrogen-bond donors (Lipinski definition) is 0. The summed E-state index contributed by atoms with van der Waals surface area (Å²) in [4.78, 5) is 0. The summed E-state index contributed by atoms with van der Waals surface area (Å²) in [5.74, 6) is -2.53. The Labute approximate surface area is 67.1 Å². The molecule has 0 radical (unpaired) electrons. The van der Waals surface area contributed by atoms with Crippen molar-refractivity contribution in [1.82, 2.24) is 0 Å². The normalized spacial score (nSPS) is 15.9. The van der Waals surface area contributed by atoms with Gasteiger partial charge >= 0.3 is 6.18 Å². The molecule has 5 heteroatoms. The first kappa shape index (κ1) is 11.4. The Bertz CT molecular complexity index is 146. The minimum atomic E-state index is -4.81. The van der Waals surface area contributed by atoms with Crippen molar-refractivity contribution in [3.8, 4) is 0 Å². The third-order valence-electron chi connectivity index (χ3n) is 1.35. The lowest BCUT2D eigenvalue weighted by molar-refractivity contribution is -0.205. The third kappa shape index (κ3) is 3.69. The minimum absolute atomic E-state index is 0.655. The van der Waals surface area contributed by atoms with E-state index in [2.05, 4.69) is 0 Å². The zero-order valence-corrected chi connectivity index (χ0v) is 6.41. The van der Waals surface area contributed by atoms with Gasteiger partial charge in [-0.2, -0.15) is 13.2 Å². The smallest absolute Gasteiger partial charge is 0.210 e. The van der Waals surface area contributed by atoms with E-state index in [1.807, 2.05) is 0 Å². The molecule has 0 N–H and O–H groups in total. The second-order valence-electron chi connectivity index (χ2n) is 2.29. The molecular formula is C7H9F5. The van der Waals surface area contributed by atoms with Crippen LogP contribution in [0.1, 0.15) is 13.3 Å². The maximum absolute atomic E-state index is 11.8. The molecule has 0 saturated heterocycles. The summed E-state index contributed by atoms with van der Waals surface area (Å²) >= 11 is 0. The lowest BCUT2D eigenvalue weighted by Gasteiger charge is -2.17. The van der Waals surface area contributed by atoms with Gasteiger partial charge in [0.2, 0.25) is 6.43 Å². The van der Waals surface area contributed by atoms with Crippen LogP contribution >= 0.6 is 0 Å². The first-order valence-corrected chi connectivity index (χ1v) is 3.35. The Hall–Kier alpha value is -0.610. The van der Waals surface area contributed by atoms with Crippen LogP contribution in [-0.2, 0) is 0 Å². The van der Waals surface area contributed by atoms with Crippen LogP contribution in [0.15, 0.2) is 12.2 Å². The summed E-state index contributed by atoms with van der Waals surface area (Å²) in [5, 5.41) is 0. The largest absolute Gasteiger partial charge is 0.397 e. The highest BCUT2D eigenvalue weighted by Crippen LogP contribution is 2.33. The maximum atomic E-state index is 11.8. The molecule has 72 valence electrons. The summed E-state index contributed by atoms with van der Waals surface area (Å²) in [6.07, 6.45) is -6.40. The summed E-state index contributed by atoms with van der Waals surface area (Å²) < 4.78 is 58.9. The van der Waals surface area contributed by atoms with Crippen molar-refractivity contribution in [2.75, 3.05) is 0 Å². The van der Waals surface area contributed by atoms with Crippen LogP contribution in [0.2, 0.25) is 0 Å². The molecule has 0 aromatic carbocycles. The molecule has 0 saturated carbocycles. The van der Waals surface area contributed by atoms with Crippen molar-refractivity contribution in [2.24, 2.45) is 5.92 Å². The summed E-state index contributed by atoms with van der Waals surface area (Å²) in [5.41, 5.74) is 0. The zero-order chi connectivity index (χ0) is 9.78. The Balaban J connectivity index is 4.24. The van der Waals surface area contributed by atoms with Gasteiger partial charge in [-0.25, -0.2) is 8.78 Å². The molecule has 0 aliphatic heterocycles. The van der Waals surface area contributed by atoms with E-state index in [0.717, 1.165) is 6.08 Å². The summed E-state index contributed by atoms with van der Waals surface area (Å²) in [6, 6.07) is 0. The van der Waals surface area contributed by atoms with Gasteiger partial charge in [-0.3, -0.25) is 0 Å². The van der Waals surface area contributed by atoms with Crippen LogP contribution in [0, 0.1) is 5.92 Å². The third-order valence-corrected chi connectivity index (χ3v) is 1.35. The van der Waals surface area contributed by atoms with Gasteiger partial charge in [0.15, 0.2) is 0 Å². The van der Waals surface area contributed by atoms with Crippen molar-refractivity contribution < 1.29 is 22.0 Å². The van der Waals surface area contributed by atoms with Crippen LogP contribution in [-0.4, -0.2) is 12.6 Å². The number of alkyl halides is 5. The van der Waals surface area contributed by atoms with Crippen molar-refractivity contribution in [3.05, 3.63) is 12.2 Å². The molecule has 0 fully saturated rings. The maximum Gasteiger partial charge on any atom is 0.397 e. The summed E-state index contributed by atoms with van der Waals surface area (Å²) in [7, 11) is 0. The van der Waals surface area contributed by atoms with Crippen LogP contribution in [0.5, 0.6) is 0 Å². The second kappa shape index (κ2) is 4.42. The predicted octanol–water partition coefficient (Wildman–Crippen LogP) is 3.40. The van der Waals surface area contributed by atoms with Gasteiger partial charge in [0.05, 0.1) is 0 Å². The van der Waals surface area contributed by atoms with Gasteiger partial charge in [-0.1, -0.05) is 12.2 Å². The molecule has 0 nitrogen and oxygen atoms in total. The molecule has 1 unspecified atom stereocenters. The Kier molecular flexibility index (Phi) is 4.20. The Morgan fingerprint density at radius 2 is 1.75 bits per heavy atom. The number of halogens is 5. The summed E-state index contributed by atoms with van der Waals surface area (Å²) in [6.45, 7) is 1.49. The topological polar surface area (TPSA) is 0 Å². The molecule has 1 atom stereocenters. The minimum Gasteiger partial charge on any atom is -0.210 e. The van der Waals surface area contributed by atoms with Crippen molar-refractivity contribution >= 4 is 0 Å². The van der Waals surface area contributed by atoms with Crippen molar-refractivity contribution in [1.29, 1.82) is 0 Å². The van der Waals surface area contributed by atoms with E-state index >= 15 is 0 Å². The van der Waals surface area contributed by atoms with Gasteiger partial charge < -0.3 is 0 Å². The number of hydrogen-bond acceptors (Lipinski definition) is 0. The first-order valence-electron chi connectivity index (χ1n) is 3.35. The molecule has 0 aliphatic rings. The fourth-order valence-electron chi connectivity index (χ4n) is 0.662. The highest BCUT2D eigenvalue weighted by atomic mass is 19.4. The molecule has 0 rings (SSSR count). The van der Waals surface area contributed by atoms with E-state index in [1.54, 1.807) is 0 Å². The first-order chi connectivity index (χ1) is 5.39. The van der Waals surface area contributed by atoms with E-state index in [0.29, 0.717) is 0 Å². The molecular weight excluding hydrogens is 179 g/mol. The van der Waals surface area contributed by atoms with Crippen LogP contribution in [0.4, 0.5) is 22.0 Å². The van der Waals surface area contributed by atoms with Gasteiger partial charge in [0.25, 0.3) is 0 Å². The molecule has 0 aliphatic carbocycles. The molecule has 0 aromatic heterocycles. The molecule has 0 heterocycles. The fourth-order valence-corrected chi connectivity index (χ4v) is 0.662. The van der Waals surface area contributed by atoms with E-state index in [-0.39, 0.29) is 0 Å². The second-order valence-corrected chi connectivity index (χ2v) is 2.29. The number of allylic oxidation sites excluding steroid dienone is 2. The van der Waals surface area contributed by atoms with Gasteiger partial charge in [-0.15, -0.1) is 0 Å². The molecule has 0 amide bonds. The SMILES string of the molecule is CC=CCC(C(F)F)C(F)(F)F. The molecule has 0 spiro atoms. The lowest BCUT2D eigenvalue weighted by Crippen LogP contribution is -2.28. The van der Waals surface area contributed by atoms with E-state index in [1.165, 1.54) is 13.0 Å². The molecule has 12 heavy (non-hydrogen) atoms.